The molecule has 0 aromatic heterocycles. The van der Waals surface area contributed by atoms with E-state index in [-0.39, 0.29) is 29.0 Å². The number of rotatable bonds is 3. The van der Waals surface area contributed by atoms with Crippen LogP contribution in [-0.4, -0.2) is 23.8 Å². The van der Waals surface area contributed by atoms with Gasteiger partial charge in [0.05, 0.1) is 6.10 Å². The summed E-state index contributed by atoms with van der Waals surface area (Å²) in [6.45, 7) is 14.7. The summed E-state index contributed by atoms with van der Waals surface area (Å²) < 4.78 is 12.1. The molecule has 0 aromatic rings. The molecule has 0 unspecified atom stereocenters. The van der Waals surface area contributed by atoms with Crippen LogP contribution in [0.1, 0.15) is 60.3 Å². The number of carbonyl (C=O) groups is 1. The monoisotopic (exact) mass is 318 g/mol. The molecule has 2 saturated carbocycles. The van der Waals surface area contributed by atoms with Crippen LogP contribution < -0.4 is 0 Å². The molecular weight excluding hydrogens is 288 g/mol. The van der Waals surface area contributed by atoms with Crippen LogP contribution in [0.15, 0.2) is 23.8 Å². The first-order valence-electron chi connectivity index (χ1n) is 8.92. The summed E-state index contributed by atoms with van der Waals surface area (Å²) in [4.78, 5) is 12.3. The molecule has 3 heteroatoms. The summed E-state index contributed by atoms with van der Waals surface area (Å²) in [6.07, 6.45) is 6.25. The lowest BCUT2D eigenvalue weighted by Crippen LogP contribution is -2.55. The zero-order chi connectivity index (χ0) is 17.0. The Morgan fingerprint density at radius 2 is 2.00 bits per heavy atom. The van der Waals surface area contributed by atoms with Gasteiger partial charge in [-0.3, -0.25) is 0 Å². The third-order valence-corrected chi connectivity index (χ3v) is 6.98. The molecule has 128 valence electrons. The second-order valence-corrected chi connectivity index (χ2v) is 8.17. The minimum absolute atomic E-state index is 0.0780. The van der Waals surface area contributed by atoms with E-state index in [1.54, 1.807) is 0 Å². The first-order valence-corrected chi connectivity index (χ1v) is 8.92. The first kappa shape index (κ1) is 16.8. The maximum absolute atomic E-state index is 12.3. The average Bonchev–Trinajstić information content (AvgIpc) is 3.21. The Kier molecular flexibility index (Phi) is 3.99. The van der Waals surface area contributed by atoms with Crippen molar-refractivity contribution in [2.24, 2.45) is 17.3 Å². The fourth-order valence-corrected chi connectivity index (χ4v) is 4.93. The molecule has 3 fully saturated rings. The fraction of sp³-hybridized carbons (Fsp3) is 0.750. The number of allylic oxidation sites excluding steroid dienone is 1. The molecule has 0 bridgehead atoms. The Bertz CT molecular complexity index is 563. The highest BCUT2D eigenvalue weighted by Crippen LogP contribution is 2.68. The molecule has 3 nitrogen and oxygen atoms in total. The van der Waals surface area contributed by atoms with Crippen molar-refractivity contribution in [3.05, 3.63) is 23.8 Å². The van der Waals surface area contributed by atoms with E-state index in [0.717, 1.165) is 24.8 Å². The molecule has 1 heterocycles. The molecule has 1 spiro atoms. The van der Waals surface area contributed by atoms with Gasteiger partial charge in [-0.05, 0) is 46.0 Å². The smallest absolute Gasteiger partial charge is 0.333 e. The minimum Gasteiger partial charge on any atom is -0.458 e. The number of hydrogen-bond donors (Lipinski definition) is 0. The van der Waals surface area contributed by atoms with Gasteiger partial charge in [0.15, 0.2) is 0 Å². The molecule has 2 aliphatic carbocycles. The summed E-state index contributed by atoms with van der Waals surface area (Å²) in [5.41, 5.74) is 1.87. The molecule has 23 heavy (non-hydrogen) atoms. The Labute approximate surface area is 140 Å². The lowest BCUT2D eigenvalue weighted by atomic mass is 9.52. The lowest BCUT2D eigenvalue weighted by Gasteiger charge is -2.52. The van der Waals surface area contributed by atoms with E-state index in [0.29, 0.717) is 17.6 Å². The van der Waals surface area contributed by atoms with Crippen LogP contribution in [0.4, 0.5) is 0 Å². The van der Waals surface area contributed by atoms with Gasteiger partial charge < -0.3 is 9.47 Å². The molecule has 3 rings (SSSR count). The summed E-state index contributed by atoms with van der Waals surface area (Å²) in [5.74, 6) is 0.659. The Hall–Kier alpha value is -1.09. The zero-order valence-corrected chi connectivity index (χ0v) is 15.1. The second-order valence-electron chi connectivity index (χ2n) is 8.17. The molecule has 6 atom stereocenters. The van der Waals surface area contributed by atoms with E-state index in [4.69, 9.17) is 9.47 Å². The average molecular weight is 318 g/mol. The molecule has 0 N–H and O–H groups in total. The van der Waals surface area contributed by atoms with Crippen molar-refractivity contribution in [3.8, 4) is 0 Å². The number of carbonyl (C=O) groups excluding carboxylic acids is 1. The van der Waals surface area contributed by atoms with E-state index in [1.165, 1.54) is 6.42 Å². The summed E-state index contributed by atoms with van der Waals surface area (Å²) in [7, 11) is 0. The number of epoxide rings is 1. The molecule has 0 aromatic carbocycles. The van der Waals surface area contributed by atoms with Crippen LogP contribution in [0.25, 0.3) is 0 Å². The van der Waals surface area contributed by atoms with Crippen LogP contribution in [0, 0.1) is 17.3 Å². The van der Waals surface area contributed by atoms with Crippen molar-refractivity contribution < 1.29 is 14.3 Å². The topological polar surface area (TPSA) is 38.8 Å². The van der Waals surface area contributed by atoms with Crippen molar-refractivity contribution >= 4 is 5.97 Å². The normalized spacial score (nSPS) is 45.7. The van der Waals surface area contributed by atoms with Gasteiger partial charge in [-0.15, -0.1) is 0 Å². The maximum atomic E-state index is 12.3. The summed E-state index contributed by atoms with van der Waals surface area (Å²) in [5, 5.41) is 0. The number of hydrogen-bond acceptors (Lipinski definition) is 3. The lowest BCUT2D eigenvalue weighted by molar-refractivity contribution is -0.155. The van der Waals surface area contributed by atoms with Crippen LogP contribution in [-0.2, 0) is 14.3 Å². The molecular formula is C20H30O3. The van der Waals surface area contributed by atoms with Crippen LogP contribution in [0.3, 0.4) is 0 Å². The van der Waals surface area contributed by atoms with Crippen LogP contribution >= 0.6 is 0 Å². The van der Waals surface area contributed by atoms with Gasteiger partial charge in [-0.25, -0.2) is 4.79 Å². The van der Waals surface area contributed by atoms with Gasteiger partial charge in [0.1, 0.15) is 11.7 Å². The van der Waals surface area contributed by atoms with Crippen LogP contribution in [0.5, 0.6) is 0 Å². The molecule has 0 amide bonds. The van der Waals surface area contributed by atoms with E-state index in [1.807, 2.05) is 19.9 Å². The van der Waals surface area contributed by atoms with Gasteiger partial charge >= 0.3 is 5.97 Å². The Morgan fingerprint density at radius 3 is 2.61 bits per heavy atom. The highest BCUT2D eigenvalue weighted by atomic mass is 16.6. The van der Waals surface area contributed by atoms with E-state index >= 15 is 0 Å². The van der Waals surface area contributed by atoms with Gasteiger partial charge in [0.25, 0.3) is 0 Å². The highest BCUT2D eigenvalue weighted by molar-refractivity contribution is 5.87. The highest BCUT2D eigenvalue weighted by Gasteiger charge is 2.73. The second kappa shape index (κ2) is 5.47. The van der Waals surface area contributed by atoms with Crippen molar-refractivity contribution in [2.45, 2.75) is 78.1 Å². The van der Waals surface area contributed by atoms with Crippen molar-refractivity contribution in [1.29, 1.82) is 0 Å². The number of ether oxygens (including phenoxy) is 2. The molecule has 1 aliphatic heterocycles. The summed E-state index contributed by atoms with van der Waals surface area (Å²) in [6, 6.07) is 0. The zero-order valence-electron chi connectivity index (χ0n) is 15.1. The van der Waals surface area contributed by atoms with Gasteiger partial charge in [-0.1, -0.05) is 32.1 Å². The fourth-order valence-electron chi connectivity index (χ4n) is 4.93. The third-order valence-electron chi connectivity index (χ3n) is 6.98. The van der Waals surface area contributed by atoms with E-state index in [2.05, 4.69) is 27.4 Å². The predicted molar refractivity (Wildman–Crippen MR) is 91.0 cm³/mol. The van der Waals surface area contributed by atoms with Crippen LogP contribution in [0.2, 0.25) is 0 Å². The Balaban J connectivity index is 1.87. The van der Waals surface area contributed by atoms with Crippen molar-refractivity contribution in [3.63, 3.8) is 0 Å². The van der Waals surface area contributed by atoms with E-state index in [9.17, 15) is 4.79 Å². The first-order chi connectivity index (χ1) is 10.7. The molecule has 3 aliphatic rings. The maximum Gasteiger partial charge on any atom is 0.333 e. The largest absolute Gasteiger partial charge is 0.458 e. The minimum atomic E-state index is -0.204. The predicted octanol–water partition coefficient (Wildman–Crippen LogP) is 4.42. The van der Waals surface area contributed by atoms with E-state index < -0.39 is 0 Å². The number of esters is 1. The van der Waals surface area contributed by atoms with Gasteiger partial charge in [0, 0.05) is 23.3 Å². The SMILES string of the molecule is C=C(C)[C@H]1C[C@]2(C)[C@@H](C)CC[C@H]3O[C@]32C[C@@H]1OC(=O)/C(C)=C/C. The molecule has 1 saturated heterocycles. The summed E-state index contributed by atoms with van der Waals surface area (Å²) >= 11 is 0. The van der Waals surface area contributed by atoms with Gasteiger partial charge in [0.2, 0.25) is 0 Å². The quantitative estimate of drug-likeness (QED) is 0.334. The van der Waals surface area contributed by atoms with Gasteiger partial charge in [-0.2, -0.15) is 0 Å². The van der Waals surface area contributed by atoms with Crippen molar-refractivity contribution in [1.82, 2.24) is 0 Å². The van der Waals surface area contributed by atoms with Crippen molar-refractivity contribution in [2.75, 3.05) is 0 Å². The third kappa shape index (κ3) is 2.39. The standard InChI is InChI=1S/C20H30O3/c1-7-13(4)18(21)22-16-11-20-17(23-20)9-8-14(5)19(20,6)10-15(16)12(2)3/h7,14-17H,2,8-11H2,1,3-6H3/b13-7+/t14-,15+,16-,17+,19+,20+/m0/s1. The molecule has 0 radical (unpaired) electrons. The Morgan fingerprint density at radius 1 is 1.30 bits per heavy atom.